The van der Waals surface area contributed by atoms with Crippen LogP contribution in [0.5, 0.6) is 6.01 Å². The van der Waals surface area contributed by atoms with Gasteiger partial charge in [0.15, 0.2) is 0 Å². The first kappa shape index (κ1) is 11.2. The van der Waals surface area contributed by atoms with Gasteiger partial charge in [-0.15, -0.1) is 0 Å². The van der Waals surface area contributed by atoms with E-state index < -0.39 is 0 Å². The second-order valence-electron chi connectivity index (χ2n) is 4.81. The average molecular weight is 221 g/mol. The van der Waals surface area contributed by atoms with Crippen LogP contribution in [0.1, 0.15) is 33.1 Å². The van der Waals surface area contributed by atoms with Gasteiger partial charge >= 0.3 is 6.01 Å². The molecule has 1 aliphatic carbocycles. The highest BCUT2D eigenvalue weighted by atomic mass is 16.5. The fourth-order valence-electron chi connectivity index (χ4n) is 2.14. The summed E-state index contributed by atoms with van der Waals surface area (Å²) in [5.74, 6) is 1.51. The summed E-state index contributed by atoms with van der Waals surface area (Å²) in [5.41, 5.74) is 6.09. The summed E-state index contributed by atoms with van der Waals surface area (Å²) >= 11 is 0. The molecule has 1 aromatic rings. The minimum absolute atomic E-state index is 0.259. The zero-order chi connectivity index (χ0) is 11.5. The third kappa shape index (κ3) is 2.62. The monoisotopic (exact) mass is 221 g/mol. The van der Waals surface area contributed by atoms with Crippen LogP contribution < -0.4 is 10.5 Å². The molecule has 4 heteroatoms. The maximum atomic E-state index is 5.75. The van der Waals surface area contributed by atoms with Crippen LogP contribution in [0.4, 0.5) is 5.69 Å². The molecular weight excluding hydrogens is 202 g/mol. The number of hydrogen-bond acceptors (Lipinski definition) is 4. The molecular formula is C12H19N3O. The van der Waals surface area contributed by atoms with Crippen molar-refractivity contribution in [3.8, 4) is 6.01 Å². The third-order valence-electron chi connectivity index (χ3n) is 3.47. The molecule has 1 aliphatic rings. The molecule has 1 fully saturated rings. The molecule has 0 amide bonds. The lowest BCUT2D eigenvalue weighted by atomic mass is 9.80. The first-order chi connectivity index (χ1) is 7.65. The number of anilines is 1. The van der Waals surface area contributed by atoms with Crippen molar-refractivity contribution in [2.45, 2.75) is 39.2 Å². The fraction of sp³-hybridized carbons (Fsp3) is 0.667. The summed E-state index contributed by atoms with van der Waals surface area (Å²) in [6, 6.07) is 0.445. The van der Waals surface area contributed by atoms with Crippen molar-refractivity contribution in [2.24, 2.45) is 11.8 Å². The summed E-state index contributed by atoms with van der Waals surface area (Å²) in [6.07, 6.45) is 6.83. The van der Waals surface area contributed by atoms with Gasteiger partial charge < -0.3 is 10.5 Å². The highest BCUT2D eigenvalue weighted by Gasteiger charge is 2.26. The Morgan fingerprint density at radius 2 is 1.88 bits per heavy atom. The molecule has 0 radical (unpaired) electrons. The number of rotatable bonds is 2. The van der Waals surface area contributed by atoms with Crippen LogP contribution in [0.2, 0.25) is 0 Å². The van der Waals surface area contributed by atoms with Crippen LogP contribution in [-0.4, -0.2) is 16.1 Å². The zero-order valence-corrected chi connectivity index (χ0v) is 9.89. The molecule has 2 rings (SSSR count). The quantitative estimate of drug-likeness (QED) is 0.832. The number of hydrogen-bond donors (Lipinski definition) is 1. The van der Waals surface area contributed by atoms with E-state index in [1.807, 2.05) is 0 Å². The molecule has 3 atom stereocenters. The lowest BCUT2D eigenvalue weighted by Gasteiger charge is -2.31. The normalized spacial score (nSPS) is 30.0. The molecule has 0 aliphatic heterocycles. The second kappa shape index (κ2) is 4.68. The minimum Gasteiger partial charge on any atom is -0.460 e. The molecule has 88 valence electrons. The van der Waals surface area contributed by atoms with Crippen molar-refractivity contribution in [3.05, 3.63) is 12.4 Å². The first-order valence-electron chi connectivity index (χ1n) is 5.89. The molecule has 1 aromatic heterocycles. The molecule has 1 saturated carbocycles. The van der Waals surface area contributed by atoms with Gasteiger partial charge in [0.25, 0.3) is 0 Å². The number of ether oxygens (including phenoxy) is 1. The smallest absolute Gasteiger partial charge is 0.316 e. The number of aromatic nitrogens is 2. The van der Waals surface area contributed by atoms with E-state index in [1.54, 1.807) is 12.4 Å². The summed E-state index contributed by atoms with van der Waals surface area (Å²) in [4.78, 5) is 8.12. The fourth-order valence-corrected chi connectivity index (χ4v) is 2.14. The first-order valence-corrected chi connectivity index (χ1v) is 5.89. The second-order valence-corrected chi connectivity index (χ2v) is 4.81. The molecule has 1 heterocycles. The van der Waals surface area contributed by atoms with Gasteiger partial charge in [-0.1, -0.05) is 13.8 Å². The van der Waals surface area contributed by atoms with Gasteiger partial charge in [-0.2, -0.15) is 0 Å². The Kier molecular flexibility index (Phi) is 3.27. The minimum atomic E-state index is 0.259. The zero-order valence-electron chi connectivity index (χ0n) is 9.89. The summed E-state index contributed by atoms with van der Waals surface area (Å²) < 4.78 is 5.75. The molecule has 4 nitrogen and oxygen atoms in total. The molecule has 16 heavy (non-hydrogen) atoms. The summed E-state index contributed by atoms with van der Waals surface area (Å²) in [6.45, 7) is 4.59. The molecule has 0 spiro atoms. The van der Waals surface area contributed by atoms with Crippen molar-refractivity contribution >= 4 is 5.69 Å². The van der Waals surface area contributed by atoms with Gasteiger partial charge in [0.2, 0.25) is 0 Å². The van der Waals surface area contributed by atoms with E-state index in [2.05, 4.69) is 23.8 Å². The van der Waals surface area contributed by atoms with Crippen molar-refractivity contribution < 1.29 is 4.74 Å². The molecule has 2 N–H and O–H groups in total. The van der Waals surface area contributed by atoms with Gasteiger partial charge in [0.05, 0.1) is 18.1 Å². The van der Waals surface area contributed by atoms with E-state index in [4.69, 9.17) is 10.5 Å². The number of nitrogens with two attached hydrogens (primary N) is 1. The highest BCUT2D eigenvalue weighted by Crippen LogP contribution is 2.30. The van der Waals surface area contributed by atoms with Crippen molar-refractivity contribution in [2.75, 3.05) is 5.73 Å². The van der Waals surface area contributed by atoms with Crippen LogP contribution in [0, 0.1) is 11.8 Å². The largest absolute Gasteiger partial charge is 0.460 e. The van der Waals surface area contributed by atoms with E-state index in [0.717, 1.165) is 18.8 Å². The van der Waals surface area contributed by atoms with Gasteiger partial charge in [-0.3, -0.25) is 0 Å². The standard InChI is InChI=1S/C12H19N3O/c1-8-3-4-11(5-9(8)2)16-12-14-6-10(13)7-15-12/h6-9,11H,3-5,13H2,1-2H3. The Morgan fingerprint density at radius 1 is 1.19 bits per heavy atom. The molecule has 0 aromatic carbocycles. The Balaban J connectivity index is 1.93. The van der Waals surface area contributed by atoms with E-state index >= 15 is 0 Å². The van der Waals surface area contributed by atoms with Gasteiger partial charge in [-0.25, -0.2) is 9.97 Å². The third-order valence-corrected chi connectivity index (χ3v) is 3.47. The maximum Gasteiger partial charge on any atom is 0.316 e. The molecule has 0 saturated heterocycles. The maximum absolute atomic E-state index is 5.75. The van der Waals surface area contributed by atoms with Gasteiger partial charge in [0.1, 0.15) is 6.10 Å². The lowest BCUT2D eigenvalue weighted by Crippen LogP contribution is -2.29. The van der Waals surface area contributed by atoms with Crippen molar-refractivity contribution in [3.63, 3.8) is 0 Å². The number of nitrogens with zero attached hydrogens (tertiary/aromatic N) is 2. The Morgan fingerprint density at radius 3 is 2.50 bits per heavy atom. The predicted molar refractivity (Wildman–Crippen MR) is 63.0 cm³/mol. The van der Waals surface area contributed by atoms with E-state index in [1.165, 1.54) is 6.42 Å². The van der Waals surface area contributed by atoms with Crippen LogP contribution in [0.15, 0.2) is 12.4 Å². The molecule has 3 unspecified atom stereocenters. The number of nitrogen functional groups attached to an aromatic ring is 1. The molecule has 0 bridgehead atoms. The van der Waals surface area contributed by atoms with Crippen LogP contribution in [-0.2, 0) is 0 Å². The summed E-state index contributed by atoms with van der Waals surface area (Å²) in [7, 11) is 0. The Bertz CT molecular complexity index is 339. The lowest BCUT2D eigenvalue weighted by molar-refractivity contribution is 0.0919. The van der Waals surface area contributed by atoms with Crippen LogP contribution >= 0.6 is 0 Å². The van der Waals surface area contributed by atoms with Crippen molar-refractivity contribution in [1.29, 1.82) is 0 Å². The Labute approximate surface area is 96.2 Å². The summed E-state index contributed by atoms with van der Waals surface area (Å²) in [5, 5.41) is 0. The predicted octanol–water partition coefficient (Wildman–Crippen LogP) is 2.26. The van der Waals surface area contributed by atoms with E-state index in [-0.39, 0.29) is 6.10 Å². The van der Waals surface area contributed by atoms with Gasteiger partial charge in [0, 0.05) is 0 Å². The van der Waals surface area contributed by atoms with Gasteiger partial charge in [-0.05, 0) is 31.1 Å². The van der Waals surface area contributed by atoms with Crippen molar-refractivity contribution in [1.82, 2.24) is 9.97 Å². The highest BCUT2D eigenvalue weighted by molar-refractivity contribution is 5.30. The van der Waals surface area contributed by atoms with Crippen LogP contribution in [0.3, 0.4) is 0 Å². The topological polar surface area (TPSA) is 61.0 Å². The average Bonchev–Trinajstić information content (AvgIpc) is 2.27. The van der Waals surface area contributed by atoms with E-state index in [0.29, 0.717) is 17.6 Å². The SMILES string of the molecule is CC1CCC(Oc2ncc(N)cn2)CC1C. The van der Waals surface area contributed by atoms with Crippen LogP contribution in [0.25, 0.3) is 0 Å². The van der Waals surface area contributed by atoms with E-state index in [9.17, 15) is 0 Å². The Hall–Kier alpha value is -1.32.